The van der Waals surface area contributed by atoms with E-state index in [0.29, 0.717) is 12.8 Å². The van der Waals surface area contributed by atoms with E-state index in [1.807, 2.05) is 18.2 Å². The van der Waals surface area contributed by atoms with Gasteiger partial charge in [-0.1, -0.05) is 24.3 Å². The minimum atomic E-state index is -0.830. The number of methoxy groups -OCH3 is 1. The molecule has 0 aliphatic heterocycles. The molecule has 0 aromatic heterocycles. The molecule has 1 atom stereocenters. The number of nitrogens with two attached hydrogens (primary N) is 1. The molecule has 0 spiro atoms. The third-order valence-corrected chi connectivity index (χ3v) is 3.06. The Morgan fingerprint density at radius 3 is 2.73 bits per heavy atom. The van der Waals surface area contributed by atoms with Crippen LogP contribution in [-0.4, -0.2) is 18.6 Å². The number of carbonyl (C=O) groups excluding carboxylic acids is 1. The normalized spacial score (nSPS) is 24.4. The summed E-state index contributed by atoms with van der Waals surface area (Å²) >= 11 is 0. The Hall–Kier alpha value is -1.35. The van der Waals surface area contributed by atoms with Gasteiger partial charge in [-0.2, -0.15) is 0 Å². The quantitative estimate of drug-likeness (QED) is 0.697. The number of aryl methyl sites for hydroxylation is 1. The summed E-state index contributed by atoms with van der Waals surface area (Å²) in [7, 11) is 1.39. The number of esters is 1. The molecule has 3 heteroatoms. The maximum atomic E-state index is 11.6. The Kier molecular flexibility index (Phi) is 2.49. The van der Waals surface area contributed by atoms with Gasteiger partial charge in [0.05, 0.1) is 7.11 Å². The highest BCUT2D eigenvalue weighted by Gasteiger charge is 2.38. The summed E-state index contributed by atoms with van der Waals surface area (Å²) in [5.74, 6) is -0.308. The topological polar surface area (TPSA) is 52.3 Å². The average molecular weight is 205 g/mol. The molecular formula is C12H15NO2. The predicted molar refractivity (Wildman–Crippen MR) is 57.4 cm³/mol. The second kappa shape index (κ2) is 3.66. The SMILES string of the molecule is COC(=O)C1(N)CCc2ccccc2C1. The minimum absolute atomic E-state index is 0.308. The number of rotatable bonds is 1. The lowest BCUT2D eigenvalue weighted by atomic mass is 9.79. The van der Waals surface area contributed by atoms with Crippen LogP contribution in [0.15, 0.2) is 24.3 Å². The maximum absolute atomic E-state index is 11.6. The zero-order valence-electron chi connectivity index (χ0n) is 8.82. The third-order valence-electron chi connectivity index (χ3n) is 3.06. The molecule has 0 bridgehead atoms. The van der Waals surface area contributed by atoms with E-state index in [4.69, 9.17) is 10.5 Å². The standard InChI is InChI=1S/C12H15NO2/c1-15-11(14)12(13)7-6-9-4-2-3-5-10(9)8-12/h2-5H,6-8,13H2,1H3. The van der Waals surface area contributed by atoms with Gasteiger partial charge in [0, 0.05) is 6.42 Å². The van der Waals surface area contributed by atoms with E-state index in [-0.39, 0.29) is 5.97 Å². The van der Waals surface area contributed by atoms with Crippen LogP contribution in [-0.2, 0) is 22.4 Å². The van der Waals surface area contributed by atoms with Crippen LogP contribution in [0.2, 0.25) is 0 Å². The van der Waals surface area contributed by atoms with E-state index in [2.05, 4.69) is 6.07 Å². The molecule has 80 valence electrons. The summed E-state index contributed by atoms with van der Waals surface area (Å²) in [4.78, 5) is 11.6. The van der Waals surface area contributed by atoms with E-state index >= 15 is 0 Å². The first-order valence-corrected chi connectivity index (χ1v) is 5.10. The van der Waals surface area contributed by atoms with Crippen molar-refractivity contribution in [2.75, 3.05) is 7.11 Å². The van der Waals surface area contributed by atoms with E-state index in [1.54, 1.807) is 0 Å². The molecule has 1 aromatic carbocycles. The first-order valence-electron chi connectivity index (χ1n) is 5.10. The molecule has 1 aliphatic rings. The lowest BCUT2D eigenvalue weighted by molar-refractivity contribution is -0.147. The van der Waals surface area contributed by atoms with E-state index < -0.39 is 5.54 Å². The van der Waals surface area contributed by atoms with Gasteiger partial charge in [0.25, 0.3) is 0 Å². The summed E-state index contributed by atoms with van der Waals surface area (Å²) in [6.07, 6.45) is 2.09. The molecule has 0 saturated carbocycles. The van der Waals surface area contributed by atoms with Crippen LogP contribution >= 0.6 is 0 Å². The summed E-state index contributed by atoms with van der Waals surface area (Å²) in [6.45, 7) is 0. The predicted octanol–water partition coefficient (Wildman–Crippen LogP) is 1.05. The molecule has 1 aliphatic carbocycles. The van der Waals surface area contributed by atoms with Crippen molar-refractivity contribution >= 4 is 5.97 Å². The van der Waals surface area contributed by atoms with Crippen molar-refractivity contribution in [2.24, 2.45) is 5.73 Å². The summed E-state index contributed by atoms with van der Waals surface area (Å²) < 4.78 is 4.74. The van der Waals surface area contributed by atoms with Crippen LogP contribution in [0.3, 0.4) is 0 Å². The zero-order valence-corrected chi connectivity index (χ0v) is 8.82. The first kappa shape index (κ1) is 10.2. The smallest absolute Gasteiger partial charge is 0.326 e. The number of benzene rings is 1. The highest BCUT2D eigenvalue weighted by atomic mass is 16.5. The van der Waals surface area contributed by atoms with E-state index in [0.717, 1.165) is 12.0 Å². The van der Waals surface area contributed by atoms with Gasteiger partial charge in [-0.25, -0.2) is 0 Å². The summed E-state index contributed by atoms with van der Waals surface area (Å²) in [6, 6.07) is 8.10. The van der Waals surface area contributed by atoms with Gasteiger partial charge in [0.2, 0.25) is 0 Å². The Morgan fingerprint density at radius 2 is 2.07 bits per heavy atom. The molecule has 1 aromatic rings. The van der Waals surface area contributed by atoms with Crippen molar-refractivity contribution in [1.29, 1.82) is 0 Å². The molecule has 0 heterocycles. The Labute approximate surface area is 89.2 Å². The maximum Gasteiger partial charge on any atom is 0.326 e. The summed E-state index contributed by atoms with van der Waals surface area (Å²) in [5, 5.41) is 0. The molecule has 0 saturated heterocycles. The molecule has 0 radical (unpaired) electrons. The lowest BCUT2D eigenvalue weighted by Gasteiger charge is -2.31. The average Bonchev–Trinajstić information content (AvgIpc) is 2.27. The number of hydrogen-bond donors (Lipinski definition) is 1. The fraction of sp³-hybridized carbons (Fsp3) is 0.417. The van der Waals surface area contributed by atoms with Crippen LogP contribution in [0.1, 0.15) is 17.5 Å². The van der Waals surface area contributed by atoms with Crippen LogP contribution in [0.25, 0.3) is 0 Å². The monoisotopic (exact) mass is 205 g/mol. The largest absolute Gasteiger partial charge is 0.468 e. The van der Waals surface area contributed by atoms with Crippen LogP contribution in [0, 0.1) is 0 Å². The molecular weight excluding hydrogens is 190 g/mol. The molecule has 2 N–H and O–H groups in total. The van der Waals surface area contributed by atoms with Gasteiger partial charge in [-0.05, 0) is 24.0 Å². The Morgan fingerprint density at radius 1 is 1.40 bits per heavy atom. The molecule has 0 amide bonds. The van der Waals surface area contributed by atoms with Crippen molar-refractivity contribution in [2.45, 2.75) is 24.8 Å². The van der Waals surface area contributed by atoms with Gasteiger partial charge in [0.1, 0.15) is 5.54 Å². The molecule has 1 unspecified atom stereocenters. The van der Waals surface area contributed by atoms with Crippen molar-refractivity contribution in [3.05, 3.63) is 35.4 Å². The summed E-state index contributed by atoms with van der Waals surface area (Å²) in [5.41, 5.74) is 7.68. The zero-order chi connectivity index (χ0) is 10.9. The van der Waals surface area contributed by atoms with E-state index in [9.17, 15) is 4.79 Å². The lowest BCUT2D eigenvalue weighted by Crippen LogP contribution is -2.52. The van der Waals surface area contributed by atoms with Crippen LogP contribution in [0.4, 0.5) is 0 Å². The number of fused-ring (bicyclic) bond motifs is 1. The molecule has 15 heavy (non-hydrogen) atoms. The number of hydrogen-bond acceptors (Lipinski definition) is 3. The molecule has 0 fully saturated rings. The highest BCUT2D eigenvalue weighted by molar-refractivity contribution is 5.81. The molecule has 3 nitrogen and oxygen atoms in total. The Bertz CT molecular complexity index is 389. The van der Waals surface area contributed by atoms with Crippen LogP contribution in [0.5, 0.6) is 0 Å². The van der Waals surface area contributed by atoms with Gasteiger partial charge in [-0.15, -0.1) is 0 Å². The second-order valence-corrected chi connectivity index (χ2v) is 4.09. The third kappa shape index (κ3) is 1.75. The Balaban J connectivity index is 2.28. The van der Waals surface area contributed by atoms with Crippen LogP contribution < -0.4 is 5.73 Å². The van der Waals surface area contributed by atoms with Crippen molar-refractivity contribution < 1.29 is 9.53 Å². The van der Waals surface area contributed by atoms with Gasteiger partial charge in [0.15, 0.2) is 0 Å². The fourth-order valence-corrected chi connectivity index (χ4v) is 2.14. The van der Waals surface area contributed by atoms with Gasteiger partial charge in [-0.3, -0.25) is 4.79 Å². The fourth-order valence-electron chi connectivity index (χ4n) is 2.14. The minimum Gasteiger partial charge on any atom is -0.468 e. The van der Waals surface area contributed by atoms with Gasteiger partial charge >= 0.3 is 5.97 Å². The van der Waals surface area contributed by atoms with Crippen molar-refractivity contribution in [3.63, 3.8) is 0 Å². The van der Waals surface area contributed by atoms with Crippen molar-refractivity contribution in [3.8, 4) is 0 Å². The van der Waals surface area contributed by atoms with Gasteiger partial charge < -0.3 is 10.5 Å². The first-order chi connectivity index (χ1) is 7.15. The number of carbonyl (C=O) groups is 1. The highest BCUT2D eigenvalue weighted by Crippen LogP contribution is 2.27. The number of ether oxygens (including phenoxy) is 1. The van der Waals surface area contributed by atoms with Crippen molar-refractivity contribution in [1.82, 2.24) is 0 Å². The van der Waals surface area contributed by atoms with E-state index in [1.165, 1.54) is 12.7 Å². The molecule has 2 rings (SSSR count). The second-order valence-electron chi connectivity index (χ2n) is 4.09.